The van der Waals surface area contributed by atoms with Gasteiger partial charge < -0.3 is 10.2 Å². The van der Waals surface area contributed by atoms with Gasteiger partial charge in [0.15, 0.2) is 0 Å². The molecule has 4 aromatic rings. The Hall–Kier alpha value is -3.27. The third-order valence-corrected chi connectivity index (χ3v) is 10.4. The number of halogens is 4. The number of hydrogen-bond acceptors (Lipinski definition) is 4. The second-order valence-electron chi connectivity index (χ2n) is 11.0. The minimum atomic E-state index is -4.35. The lowest BCUT2D eigenvalue weighted by Gasteiger charge is -2.34. The highest BCUT2D eigenvalue weighted by Gasteiger charge is 2.35. The van der Waals surface area contributed by atoms with E-state index in [2.05, 4.69) is 5.32 Å². The maximum absolute atomic E-state index is 14.6. The molecule has 4 rings (SSSR count). The molecular formula is C35H35Cl4N3O4S. The van der Waals surface area contributed by atoms with Gasteiger partial charge in [0.25, 0.3) is 10.0 Å². The highest BCUT2D eigenvalue weighted by atomic mass is 35.5. The summed E-state index contributed by atoms with van der Waals surface area (Å²) in [5.41, 5.74) is 2.21. The van der Waals surface area contributed by atoms with E-state index in [9.17, 15) is 18.0 Å². The summed E-state index contributed by atoms with van der Waals surface area (Å²) >= 11 is 25.6. The van der Waals surface area contributed by atoms with Crippen LogP contribution in [0, 0.1) is 6.92 Å². The Morgan fingerprint density at radius 3 is 2.15 bits per heavy atom. The van der Waals surface area contributed by atoms with Crippen molar-refractivity contribution in [2.45, 2.75) is 50.6 Å². The van der Waals surface area contributed by atoms with Gasteiger partial charge in [0.2, 0.25) is 11.8 Å². The van der Waals surface area contributed by atoms with E-state index in [1.807, 2.05) is 44.2 Å². The van der Waals surface area contributed by atoms with Crippen molar-refractivity contribution in [2.24, 2.45) is 0 Å². The lowest BCUT2D eigenvalue weighted by molar-refractivity contribution is -0.140. The quantitative estimate of drug-likeness (QED) is 0.132. The van der Waals surface area contributed by atoms with Gasteiger partial charge >= 0.3 is 0 Å². The van der Waals surface area contributed by atoms with E-state index >= 15 is 0 Å². The molecule has 4 aromatic carbocycles. The van der Waals surface area contributed by atoms with Crippen LogP contribution in [0.25, 0.3) is 0 Å². The summed E-state index contributed by atoms with van der Waals surface area (Å²) in [5.74, 6) is -1.04. The summed E-state index contributed by atoms with van der Waals surface area (Å²) in [6.07, 6.45) is 1.77. The average molecular weight is 736 g/mol. The largest absolute Gasteiger partial charge is 0.354 e. The van der Waals surface area contributed by atoms with Gasteiger partial charge in [-0.25, -0.2) is 8.42 Å². The van der Waals surface area contributed by atoms with Gasteiger partial charge in [-0.1, -0.05) is 114 Å². The Bertz CT molecular complexity index is 1810. The highest BCUT2D eigenvalue weighted by Crippen LogP contribution is 2.34. The van der Waals surface area contributed by atoms with Gasteiger partial charge in [-0.3, -0.25) is 13.9 Å². The Morgan fingerprint density at radius 1 is 0.830 bits per heavy atom. The SMILES string of the molecule is CCCCNC(=O)C(Cc1ccccc1)N(Cc1ccc(Cl)cc1Cl)C(=O)CN(c1cc(Cl)ccc1Cl)S(=O)(=O)c1ccc(C)cc1. The van der Waals surface area contributed by atoms with Crippen molar-refractivity contribution >= 4 is 73.9 Å². The van der Waals surface area contributed by atoms with E-state index in [0.29, 0.717) is 22.2 Å². The third kappa shape index (κ3) is 9.64. The lowest BCUT2D eigenvalue weighted by Crippen LogP contribution is -2.53. The number of anilines is 1. The van der Waals surface area contributed by atoms with Gasteiger partial charge in [0, 0.05) is 34.6 Å². The molecule has 0 aliphatic rings. The summed E-state index contributed by atoms with van der Waals surface area (Å²) in [6, 6.07) is 23.8. The van der Waals surface area contributed by atoms with E-state index < -0.39 is 28.5 Å². The number of sulfonamides is 1. The number of benzene rings is 4. The number of unbranched alkanes of at least 4 members (excludes halogenated alkanes) is 1. The predicted molar refractivity (Wildman–Crippen MR) is 191 cm³/mol. The van der Waals surface area contributed by atoms with Gasteiger partial charge in [-0.2, -0.15) is 0 Å². The molecule has 1 atom stereocenters. The number of aryl methyl sites for hydroxylation is 1. The summed E-state index contributed by atoms with van der Waals surface area (Å²) in [4.78, 5) is 29.8. The molecule has 0 saturated heterocycles. The van der Waals surface area contributed by atoms with Crippen LogP contribution in [-0.2, 0) is 32.6 Å². The minimum Gasteiger partial charge on any atom is -0.354 e. The Labute approximate surface area is 296 Å². The number of nitrogens with one attached hydrogen (secondary N) is 1. The van der Waals surface area contributed by atoms with Crippen LogP contribution in [0.2, 0.25) is 20.1 Å². The fraction of sp³-hybridized carbons (Fsp3) is 0.257. The Kier molecular flexibility index (Phi) is 13.0. The van der Waals surface area contributed by atoms with Crippen LogP contribution >= 0.6 is 46.4 Å². The molecule has 0 aromatic heterocycles. The second-order valence-corrected chi connectivity index (χ2v) is 14.6. The zero-order valence-electron chi connectivity index (χ0n) is 25.9. The van der Waals surface area contributed by atoms with Crippen molar-refractivity contribution < 1.29 is 18.0 Å². The first-order valence-electron chi connectivity index (χ1n) is 15.0. The number of rotatable bonds is 14. The molecule has 0 aliphatic carbocycles. The van der Waals surface area contributed by atoms with Crippen LogP contribution in [0.1, 0.15) is 36.5 Å². The molecule has 1 unspecified atom stereocenters. The molecule has 2 amide bonds. The number of hydrogen-bond donors (Lipinski definition) is 1. The first-order chi connectivity index (χ1) is 22.4. The molecule has 1 N–H and O–H groups in total. The smallest absolute Gasteiger partial charge is 0.264 e. The zero-order valence-corrected chi connectivity index (χ0v) is 29.8. The second kappa shape index (κ2) is 16.7. The molecule has 47 heavy (non-hydrogen) atoms. The minimum absolute atomic E-state index is 0.0181. The summed E-state index contributed by atoms with van der Waals surface area (Å²) in [5, 5.41) is 3.95. The van der Waals surface area contributed by atoms with Gasteiger partial charge in [0.1, 0.15) is 12.6 Å². The van der Waals surface area contributed by atoms with Crippen molar-refractivity contribution in [3.05, 3.63) is 128 Å². The molecule has 0 spiro atoms. The molecule has 0 radical (unpaired) electrons. The van der Waals surface area contributed by atoms with Gasteiger partial charge in [-0.15, -0.1) is 0 Å². The van der Waals surface area contributed by atoms with Gasteiger partial charge in [-0.05, 0) is 66.9 Å². The van der Waals surface area contributed by atoms with Crippen LogP contribution in [0.4, 0.5) is 5.69 Å². The van der Waals surface area contributed by atoms with Crippen molar-refractivity contribution in [1.29, 1.82) is 0 Å². The Morgan fingerprint density at radius 2 is 1.49 bits per heavy atom. The molecule has 0 fully saturated rings. The lowest BCUT2D eigenvalue weighted by atomic mass is 10.0. The first-order valence-corrected chi connectivity index (χ1v) is 18.0. The summed E-state index contributed by atoms with van der Waals surface area (Å²) < 4.78 is 29.4. The van der Waals surface area contributed by atoms with Crippen LogP contribution in [-0.4, -0.2) is 44.3 Å². The Balaban J connectivity index is 1.84. The predicted octanol–water partition coefficient (Wildman–Crippen LogP) is 8.36. The topological polar surface area (TPSA) is 86.8 Å². The number of nitrogens with zero attached hydrogens (tertiary/aromatic N) is 2. The van der Waals surface area contributed by atoms with Crippen molar-refractivity contribution in [3.63, 3.8) is 0 Å². The first kappa shape index (κ1) is 36.6. The number of amides is 2. The normalized spacial score (nSPS) is 12.0. The fourth-order valence-corrected chi connectivity index (χ4v) is 7.25. The average Bonchev–Trinajstić information content (AvgIpc) is 3.04. The maximum Gasteiger partial charge on any atom is 0.264 e. The molecule has 12 heteroatoms. The number of carbonyl (C=O) groups is 2. The van der Waals surface area contributed by atoms with E-state index in [-0.39, 0.29) is 39.5 Å². The van der Waals surface area contributed by atoms with Gasteiger partial charge in [0.05, 0.1) is 15.6 Å². The van der Waals surface area contributed by atoms with Crippen LogP contribution in [0.15, 0.2) is 95.9 Å². The molecule has 0 bridgehead atoms. The molecule has 0 saturated carbocycles. The van der Waals surface area contributed by atoms with E-state index in [1.54, 1.807) is 30.3 Å². The standard InChI is InChI=1S/C35H35Cl4N3O4S/c1-3-4-18-40-35(44)33(19-25-8-6-5-7-9-25)41(22-26-12-13-27(36)20-31(26)39)34(43)23-42(32-21-28(37)14-17-30(32)38)47(45,46)29-15-10-24(2)11-16-29/h5-17,20-21,33H,3-4,18-19,22-23H2,1-2H3,(H,40,44). The molecule has 0 aliphatic heterocycles. The fourth-order valence-electron chi connectivity index (χ4n) is 4.92. The third-order valence-electron chi connectivity index (χ3n) is 7.52. The van der Waals surface area contributed by atoms with E-state index in [4.69, 9.17) is 46.4 Å². The van der Waals surface area contributed by atoms with Crippen LogP contribution in [0.5, 0.6) is 0 Å². The maximum atomic E-state index is 14.6. The molecule has 0 heterocycles. The van der Waals surface area contributed by atoms with Crippen LogP contribution in [0.3, 0.4) is 0 Å². The van der Waals surface area contributed by atoms with Crippen molar-refractivity contribution in [3.8, 4) is 0 Å². The summed E-state index contributed by atoms with van der Waals surface area (Å²) in [7, 11) is -4.35. The highest BCUT2D eigenvalue weighted by molar-refractivity contribution is 7.92. The van der Waals surface area contributed by atoms with Crippen LogP contribution < -0.4 is 9.62 Å². The molecule has 248 valence electrons. The van der Waals surface area contributed by atoms with Crippen molar-refractivity contribution in [1.82, 2.24) is 10.2 Å². The summed E-state index contributed by atoms with van der Waals surface area (Å²) in [6.45, 7) is 3.47. The monoisotopic (exact) mass is 733 g/mol. The number of carbonyl (C=O) groups excluding carboxylic acids is 2. The van der Waals surface area contributed by atoms with E-state index in [0.717, 1.165) is 28.3 Å². The van der Waals surface area contributed by atoms with Crippen molar-refractivity contribution in [2.75, 3.05) is 17.4 Å². The molecule has 7 nitrogen and oxygen atoms in total. The van der Waals surface area contributed by atoms with E-state index in [1.165, 1.54) is 35.2 Å². The zero-order chi connectivity index (χ0) is 34.1. The molecular weight excluding hydrogens is 700 g/mol.